The second kappa shape index (κ2) is 11.3. The number of aliphatic imine (C=N–C) groups is 1. The molecule has 4 rings (SSSR count). The number of carbonyl (C=O) groups is 1. The minimum Gasteiger partial charge on any atom is -0.370 e. The Morgan fingerprint density at radius 1 is 1.06 bits per heavy atom. The van der Waals surface area contributed by atoms with Crippen LogP contribution in [-0.2, 0) is 6.54 Å². The number of nitrogens with two attached hydrogens (primary N) is 2. The van der Waals surface area contributed by atoms with Crippen molar-refractivity contribution in [2.24, 2.45) is 16.5 Å². The van der Waals surface area contributed by atoms with E-state index in [0.717, 1.165) is 29.7 Å². The van der Waals surface area contributed by atoms with Gasteiger partial charge in [0.1, 0.15) is 0 Å². The first-order chi connectivity index (χ1) is 17.4. The van der Waals surface area contributed by atoms with Crippen LogP contribution in [0.15, 0.2) is 70.7 Å². The summed E-state index contributed by atoms with van der Waals surface area (Å²) in [5.74, 6) is 0.448. The van der Waals surface area contributed by atoms with E-state index >= 15 is 0 Å². The maximum Gasteiger partial charge on any atom is 0.260 e. The lowest BCUT2D eigenvalue weighted by Crippen LogP contribution is -2.23. The first-order valence-corrected chi connectivity index (χ1v) is 11.8. The minimum absolute atomic E-state index is 0.109. The lowest BCUT2D eigenvalue weighted by atomic mass is 10.1. The first-order valence-electron chi connectivity index (χ1n) is 11.8. The van der Waals surface area contributed by atoms with Crippen LogP contribution in [0.1, 0.15) is 29.3 Å². The molecule has 0 aliphatic rings. The average Bonchev–Trinajstić information content (AvgIpc) is 3.29. The molecule has 1 amide bonds. The Kier molecular flexibility index (Phi) is 7.76. The molecule has 0 saturated heterocycles. The second-order valence-corrected chi connectivity index (χ2v) is 8.32. The highest BCUT2D eigenvalue weighted by molar-refractivity contribution is 5.94. The van der Waals surface area contributed by atoms with Gasteiger partial charge in [0.15, 0.2) is 5.96 Å². The molecule has 7 N–H and O–H groups in total. The number of hydrogen-bond donors (Lipinski definition) is 5. The molecule has 10 heteroatoms. The number of carbonyl (C=O) groups excluding carboxylic acids is 1. The molecule has 186 valence electrons. The number of amides is 1. The number of aromatic nitrogens is 3. The third-order valence-electron chi connectivity index (χ3n) is 5.65. The first kappa shape index (κ1) is 24.7. The van der Waals surface area contributed by atoms with Crippen LogP contribution in [0.2, 0.25) is 0 Å². The predicted octanol–water partition coefficient (Wildman–Crippen LogP) is 1.86. The number of H-pyrrole nitrogens is 1. The molecule has 0 saturated carbocycles. The molecule has 2 aromatic heterocycles. The summed E-state index contributed by atoms with van der Waals surface area (Å²) in [7, 11) is 0. The van der Waals surface area contributed by atoms with Crippen LogP contribution in [0.25, 0.3) is 28.2 Å². The van der Waals surface area contributed by atoms with E-state index in [0.29, 0.717) is 42.2 Å². The van der Waals surface area contributed by atoms with Crippen LogP contribution in [0.4, 0.5) is 0 Å². The quantitative estimate of drug-likeness (QED) is 0.131. The number of benzene rings is 2. The Balaban J connectivity index is 1.46. The highest BCUT2D eigenvalue weighted by Gasteiger charge is 2.11. The summed E-state index contributed by atoms with van der Waals surface area (Å²) in [5.41, 5.74) is 15.0. The Bertz CT molecular complexity index is 1420. The van der Waals surface area contributed by atoms with Crippen molar-refractivity contribution in [2.75, 3.05) is 19.6 Å². The molecule has 36 heavy (non-hydrogen) atoms. The molecular formula is C26H30N8O2. The summed E-state index contributed by atoms with van der Waals surface area (Å²) in [6.07, 6.45) is 4.48. The molecule has 0 radical (unpaired) electrons. The monoisotopic (exact) mass is 486 g/mol. The second-order valence-electron chi connectivity index (χ2n) is 8.32. The van der Waals surface area contributed by atoms with Crippen molar-refractivity contribution < 1.29 is 4.79 Å². The highest BCUT2D eigenvalue weighted by Crippen LogP contribution is 2.21. The molecule has 0 aliphatic carbocycles. The van der Waals surface area contributed by atoms with Crippen molar-refractivity contribution in [3.05, 3.63) is 82.4 Å². The van der Waals surface area contributed by atoms with Crippen molar-refractivity contribution in [2.45, 2.75) is 19.9 Å². The zero-order chi connectivity index (χ0) is 25.5. The van der Waals surface area contributed by atoms with E-state index in [1.54, 1.807) is 22.7 Å². The molecule has 0 unspecified atom stereocenters. The van der Waals surface area contributed by atoms with E-state index in [-0.39, 0.29) is 17.4 Å². The van der Waals surface area contributed by atoms with Gasteiger partial charge in [-0.15, -0.1) is 0 Å². The van der Waals surface area contributed by atoms with E-state index in [4.69, 9.17) is 11.5 Å². The molecule has 0 atom stereocenters. The van der Waals surface area contributed by atoms with Crippen LogP contribution >= 0.6 is 0 Å². The van der Waals surface area contributed by atoms with Gasteiger partial charge < -0.3 is 22.1 Å². The van der Waals surface area contributed by atoms with Crippen molar-refractivity contribution in [1.82, 2.24) is 25.0 Å². The van der Waals surface area contributed by atoms with Gasteiger partial charge in [-0.05, 0) is 43.1 Å². The zero-order valence-corrected chi connectivity index (χ0v) is 20.1. The summed E-state index contributed by atoms with van der Waals surface area (Å²) in [4.78, 5) is 36.1. The third-order valence-corrected chi connectivity index (χ3v) is 5.65. The fourth-order valence-corrected chi connectivity index (χ4v) is 3.80. The summed E-state index contributed by atoms with van der Waals surface area (Å²) in [5, 5.41) is 6.13. The van der Waals surface area contributed by atoms with E-state index < -0.39 is 0 Å². The van der Waals surface area contributed by atoms with Crippen molar-refractivity contribution >= 4 is 17.6 Å². The number of guanidine groups is 1. The molecule has 2 heterocycles. The van der Waals surface area contributed by atoms with Gasteiger partial charge in [0.25, 0.3) is 11.5 Å². The van der Waals surface area contributed by atoms with E-state index in [9.17, 15) is 9.59 Å². The molecule has 0 fully saturated rings. The summed E-state index contributed by atoms with van der Waals surface area (Å²) in [6.45, 7) is 4.55. The Labute approximate surface area is 208 Å². The van der Waals surface area contributed by atoms with E-state index in [1.165, 1.54) is 0 Å². The maximum atomic E-state index is 12.8. The number of nitrogens with one attached hydrogen (secondary N) is 3. The van der Waals surface area contributed by atoms with Crippen LogP contribution in [0.5, 0.6) is 0 Å². The van der Waals surface area contributed by atoms with E-state index in [1.807, 2.05) is 49.5 Å². The standard InChI is InChI=1S/C26H30N8O2/c1-2-30-23(35)20-10-8-19(9-11-20)22-16-34-15-21(24(36)33-26(34)32-22)18-6-4-17(5-7-18)14-29-12-3-13-31-25(27)28/h4-11,15-16,29H,2-3,12-14H2,1H3,(H,30,35)(H4,27,28,31)(H,32,33,36). The normalized spacial score (nSPS) is 10.9. The Morgan fingerprint density at radius 2 is 1.78 bits per heavy atom. The van der Waals surface area contributed by atoms with Gasteiger partial charge in [0, 0.05) is 43.2 Å². The summed E-state index contributed by atoms with van der Waals surface area (Å²) >= 11 is 0. The predicted molar refractivity (Wildman–Crippen MR) is 142 cm³/mol. The molecule has 0 aliphatic heterocycles. The van der Waals surface area contributed by atoms with Gasteiger partial charge in [0.05, 0.1) is 11.3 Å². The lowest BCUT2D eigenvalue weighted by Gasteiger charge is -2.06. The van der Waals surface area contributed by atoms with Gasteiger partial charge >= 0.3 is 0 Å². The number of hydrogen-bond acceptors (Lipinski definition) is 5. The maximum absolute atomic E-state index is 12.8. The van der Waals surface area contributed by atoms with Crippen LogP contribution in [0.3, 0.4) is 0 Å². The number of rotatable bonds is 10. The molecule has 4 aromatic rings. The van der Waals surface area contributed by atoms with E-state index in [2.05, 4.69) is 25.6 Å². The summed E-state index contributed by atoms with van der Waals surface area (Å²) < 4.78 is 1.80. The Morgan fingerprint density at radius 3 is 2.47 bits per heavy atom. The van der Waals surface area contributed by atoms with Gasteiger partial charge in [-0.2, -0.15) is 0 Å². The number of imidazole rings is 1. The molecular weight excluding hydrogens is 456 g/mol. The minimum atomic E-state index is -0.211. The number of fused-ring (bicyclic) bond motifs is 1. The summed E-state index contributed by atoms with van der Waals surface area (Å²) in [6, 6.07) is 15.1. The topological polar surface area (TPSA) is 156 Å². The smallest absolute Gasteiger partial charge is 0.260 e. The molecule has 2 aromatic carbocycles. The van der Waals surface area contributed by atoms with Crippen LogP contribution in [0, 0.1) is 0 Å². The van der Waals surface area contributed by atoms with Gasteiger partial charge in [0.2, 0.25) is 5.78 Å². The van der Waals surface area contributed by atoms with Crippen molar-refractivity contribution in [3.63, 3.8) is 0 Å². The van der Waals surface area contributed by atoms with Crippen molar-refractivity contribution in [3.8, 4) is 22.4 Å². The Hall–Kier alpha value is -4.44. The SMILES string of the molecule is CCNC(=O)c1ccc(-c2cn3cc(-c4ccc(CNCCCN=C(N)N)cc4)c(=O)[nH]c3n2)cc1. The third kappa shape index (κ3) is 5.97. The van der Waals surface area contributed by atoms with Gasteiger partial charge in [-0.25, -0.2) is 4.98 Å². The van der Waals surface area contributed by atoms with Crippen molar-refractivity contribution in [1.29, 1.82) is 0 Å². The van der Waals surface area contributed by atoms with Crippen LogP contribution in [-0.4, -0.2) is 45.9 Å². The largest absolute Gasteiger partial charge is 0.370 e. The molecule has 0 spiro atoms. The number of aromatic amines is 1. The van der Waals surface area contributed by atoms with Crippen LogP contribution < -0.4 is 27.7 Å². The fourth-order valence-electron chi connectivity index (χ4n) is 3.80. The lowest BCUT2D eigenvalue weighted by molar-refractivity contribution is 0.0956. The zero-order valence-electron chi connectivity index (χ0n) is 20.1. The fraction of sp³-hybridized carbons (Fsp3) is 0.231. The van der Waals surface area contributed by atoms with Gasteiger partial charge in [-0.3, -0.25) is 24.0 Å². The average molecular weight is 487 g/mol. The molecule has 0 bridgehead atoms. The highest BCUT2D eigenvalue weighted by atomic mass is 16.1. The van der Waals surface area contributed by atoms with Gasteiger partial charge in [-0.1, -0.05) is 36.4 Å². The number of nitrogens with zero attached hydrogens (tertiary/aromatic N) is 3. The molecule has 10 nitrogen and oxygen atoms in total.